The molecule has 0 atom stereocenters. The molecule has 7 heteroatoms. The molecule has 0 saturated heterocycles. The lowest BCUT2D eigenvalue weighted by molar-refractivity contribution is 0.966. The predicted molar refractivity (Wildman–Crippen MR) is 202 cm³/mol. The molecule has 0 spiro atoms. The standard InChI is InChI=1S/C44H29N7/c1-4-13-30(14-5-1)31-21-23-34(24-22-31)41-46-40(33-17-8-3-9-18-33)47-42(48-41)36-27-35(39-20-10-11-25-45-39)28-37(29-36)43-49-44-38(19-12-26-51(44)50-43)32-15-6-2-7-16-32/h1-29H. The molecule has 0 saturated carbocycles. The zero-order valence-electron chi connectivity index (χ0n) is 27.4. The summed E-state index contributed by atoms with van der Waals surface area (Å²) in [6.45, 7) is 0. The predicted octanol–water partition coefficient (Wildman–Crippen LogP) is 9.98. The lowest BCUT2D eigenvalue weighted by Crippen LogP contribution is -2.01. The van der Waals surface area contributed by atoms with Crippen LogP contribution in [0, 0.1) is 0 Å². The van der Waals surface area contributed by atoms with E-state index in [0.717, 1.165) is 61.4 Å². The van der Waals surface area contributed by atoms with Gasteiger partial charge in [-0.05, 0) is 59.2 Å². The van der Waals surface area contributed by atoms with Crippen LogP contribution in [0.2, 0.25) is 0 Å². The molecule has 4 heterocycles. The van der Waals surface area contributed by atoms with Crippen LogP contribution in [0.1, 0.15) is 0 Å². The number of fused-ring (bicyclic) bond motifs is 1. The molecule has 0 fully saturated rings. The van der Waals surface area contributed by atoms with Gasteiger partial charge in [0, 0.05) is 45.8 Å². The number of rotatable bonds is 7. The van der Waals surface area contributed by atoms with E-state index in [2.05, 4.69) is 77.8 Å². The van der Waals surface area contributed by atoms with E-state index in [-0.39, 0.29) is 0 Å². The van der Waals surface area contributed by atoms with Gasteiger partial charge in [-0.15, -0.1) is 5.10 Å². The average molecular weight is 656 g/mol. The lowest BCUT2D eigenvalue weighted by Gasteiger charge is -2.11. The van der Waals surface area contributed by atoms with Gasteiger partial charge in [-0.2, -0.15) is 0 Å². The molecule has 5 aromatic carbocycles. The number of aromatic nitrogens is 7. The van der Waals surface area contributed by atoms with Crippen molar-refractivity contribution in [3.05, 3.63) is 176 Å². The smallest absolute Gasteiger partial charge is 0.182 e. The van der Waals surface area contributed by atoms with Gasteiger partial charge in [0.15, 0.2) is 28.9 Å². The molecule has 0 unspecified atom stereocenters. The highest BCUT2D eigenvalue weighted by Gasteiger charge is 2.18. The number of benzene rings is 5. The summed E-state index contributed by atoms with van der Waals surface area (Å²) in [4.78, 5) is 24.8. The summed E-state index contributed by atoms with van der Waals surface area (Å²) in [5, 5.41) is 4.93. The first-order valence-electron chi connectivity index (χ1n) is 16.7. The quantitative estimate of drug-likeness (QED) is 0.170. The fourth-order valence-electron chi connectivity index (χ4n) is 6.23. The van der Waals surface area contributed by atoms with E-state index in [9.17, 15) is 0 Å². The van der Waals surface area contributed by atoms with Crippen LogP contribution >= 0.6 is 0 Å². The van der Waals surface area contributed by atoms with Crippen LogP contribution in [0.5, 0.6) is 0 Å². The van der Waals surface area contributed by atoms with Gasteiger partial charge in [0.1, 0.15) is 0 Å². The zero-order valence-corrected chi connectivity index (χ0v) is 27.4. The SMILES string of the molecule is c1ccc(-c2ccc(-c3nc(-c4ccccc4)nc(-c4cc(-c5ccccn5)cc(-c5nc6c(-c7ccccc7)cccn6n5)c4)n3)cc2)cc1. The number of pyridine rings is 2. The molecule has 0 radical (unpaired) electrons. The second-order valence-corrected chi connectivity index (χ2v) is 12.1. The van der Waals surface area contributed by atoms with Crippen molar-refractivity contribution in [2.75, 3.05) is 0 Å². The normalized spacial score (nSPS) is 11.1. The zero-order chi connectivity index (χ0) is 34.0. The minimum atomic E-state index is 0.541. The minimum Gasteiger partial charge on any atom is -0.256 e. The molecule has 51 heavy (non-hydrogen) atoms. The van der Waals surface area contributed by atoms with Crippen molar-refractivity contribution >= 4 is 5.65 Å². The van der Waals surface area contributed by atoms with Gasteiger partial charge in [0.25, 0.3) is 0 Å². The molecule has 0 aliphatic heterocycles. The summed E-state index contributed by atoms with van der Waals surface area (Å²) in [6, 6.07) is 55.1. The number of hydrogen-bond acceptors (Lipinski definition) is 6. The third kappa shape index (κ3) is 6.04. The van der Waals surface area contributed by atoms with E-state index >= 15 is 0 Å². The van der Waals surface area contributed by atoms with Crippen LogP contribution in [0.25, 0.3) is 84.7 Å². The summed E-state index contributed by atoms with van der Waals surface area (Å²) in [5.74, 6) is 2.30. The van der Waals surface area contributed by atoms with Crippen molar-refractivity contribution in [3.8, 4) is 79.1 Å². The number of hydrogen-bond donors (Lipinski definition) is 0. The van der Waals surface area contributed by atoms with Crippen LogP contribution in [0.4, 0.5) is 0 Å². The van der Waals surface area contributed by atoms with Gasteiger partial charge < -0.3 is 0 Å². The molecule has 0 amide bonds. The number of nitrogens with zero attached hydrogens (tertiary/aromatic N) is 7. The van der Waals surface area contributed by atoms with Gasteiger partial charge in [-0.3, -0.25) is 4.98 Å². The molecular formula is C44H29N7. The van der Waals surface area contributed by atoms with E-state index in [4.69, 9.17) is 25.0 Å². The Balaban J connectivity index is 1.21. The molecule has 7 nitrogen and oxygen atoms in total. The molecule has 0 aliphatic carbocycles. The Morgan fingerprint density at radius 2 is 0.863 bits per heavy atom. The van der Waals surface area contributed by atoms with E-state index < -0.39 is 0 Å². The van der Waals surface area contributed by atoms with Gasteiger partial charge in [-0.25, -0.2) is 24.5 Å². The van der Waals surface area contributed by atoms with Crippen molar-refractivity contribution in [1.82, 2.24) is 34.5 Å². The largest absolute Gasteiger partial charge is 0.256 e. The minimum absolute atomic E-state index is 0.541. The van der Waals surface area contributed by atoms with Gasteiger partial charge in [0.2, 0.25) is 0 Å². The Hall–Kier alpha value is -7.12. The Labute approximate surface area is 294 Å². The maximum absolute atomic E-state index is 5.08. The maximum Gasteiger partial charge on any atom is 0.182 e. The summed E-state index contributed by atoms with van der Waals surface area (Å²) in [5.41, 5.74) is 10.3. The molecular weight excluding hydrogens is 627 g/mol. The first-order chi connectivity index (χ1) is 25.2. The molecule has 9 aromatic rings. The third-order valence-electron chi connectivity index (χ3n) is 8.77. The average Bonchev–Trinajstić information content (AvgIpc) is 3.67. The van der Waals surface area contributed by atoms with Crippen molar-refractivity contribution in [2.45, 2.75) is 0 Å². The topological polar surface area (TPSA) is 81.8 Å². The van der Waals surface area contributed by atoms with Crippen molar-refractivity contribution in [2.24, 2.45) is 0 Å². The van der Waals surface area contributed by atoms with E-state index in [0.29, 0.717) is 23.3 Å². The first-order valence-corrected chi connectivity index (χ1v) is 16.7. The second-order valence-electron chi connectivity index (χ2n) is 12.1. The lowest BCUT2D eigenvalue weighted by atomic mass is 10.0. The summed E-state index contributed by atoms with van der Waals surface area (Å²) < 4.78 is 1.83. The molecule has 0 N–H and O–H groups in total. The van der Waals surface area contributed by atoms with E-state index in [1.165, 1.54) is 0 Å². The highest BCUT2D eigenvalue weighted by atomic mass is 15.3. The van der Waals surface area contributed by atoms with Crippen LogP contribution in [-0.2, 0) is 0 Å². The fraction of sp³-hybridized carbons (Fsp3) is 0. The Kier molecular flexibility index (Phi) is 7.68. The maximum atomic E-state index is 5.08. The third-order valence-corrected chi connectivity index (χ3v) is 8.77. The van der Waals surface area contributed by atoms with Crippen LogP contribution in [-0.4, -0.2) is 34.5 Å². The van der Waals surface area contributed by atoms with Crippen LogP contribution in [0.3, 0.4) is 0 Å². The van der Waals surface area contributed by atoms with E-state index in [1.807, 2.05) is 102 Å². The molecule has 4 aromatic heterocycles. The molecule has 0 bridgehead atoms. The van der Waals surface area contributed by atoms with Crippen molar-refractivity contribution in [3.63, 3.8) is 0 Å². The molecule has 0 aliphatic rings. The van der Waals surface area contributed by atoms with E-state index in [1.54, 1.807) is 6.20 Å². The second kappa shape index (κ2) is 13.1. The summed E-state index contributed by atoms with van der Waals surface area (Å²) in [6.07, 6.45) is 3.72. The van der Waals surface area contributed by atoms with Crippen molar-refractivity contribution < 1.29 is 0 Å². The highest BCUT2D eigenvalue weighted by Crippen LogP contribution is 2.33. The molecule has 240 valence electrons. The Morgan fingerprint density at radius 3 is 1.51 bits per heavy atom. The van der Waals surface area contributed by atoms with Gasteiger partial charge in [-0.1, -0.05) is 121 Å². The summed E-state index contributed by atoms with van der Waals surface area (Å²) in [7, 11) is 0. The summed E-state index contributed by atoms with van der Waals surface area (Å²) >= 11 is 0. The monoisotopic (exact) mass is 655 g/mol. The molecule has 9 rings (SSSR count). The van der Waals surface area contributed by atoms with Crippen LogP contribution in [0.15, 0.2) is 176 Å². The Bertz CT molecular complexity index is 2600. The Morgan fingerprint density at radius 1 is 0.353 bits per heavy atom. The van der Waals surface area contributed by atoms with Gasteiger partial charge in [0.05, 0.1) is 5.69 Å². The fourth-order valence-corrected chi connectivity index (χ4v) is 6.23. The highest BCUT2D eigenvalue weighted by molar-refractivity contribution is 5.81. The first kappa shape index (κ1) is 30.0. The van der Waals surface area contributed by atoms with Gasteiger partial charge >= 0.3 is 0 Å². The van der Waals surface area contributed by atoms with Crippen LogP contribution < -0.4 is 0 Å². The van der Waals surface area contributed by atoms with Crippen molar-refractivity contribution in [1.29, 1.82) is 0 Å².